The molecule has 1 atom stereocenters. The Labute approximate surface area is 95.8 Å². The third-order valence-electron chi connectivity index (χ3n) is 3.33. The molecule has 3 rings (SSSR count). The Kier molecular flexibility index (Phi) is 2.31. The second-order valence-electron chi connectivity index (χ2n) is 4.69. The molecule has 0 bridgehead atoms. The van der Waals surface area contributed by atoms with Gasteiger partial charge in [0, 0.05) is 6.04 Å². The van der Waals surface area contributed by atoms with Crippen LogP contribution in [0.1, 0.15) is 36.4 Å². The van der Waals surface area contributed by atoms with Gasteiger partial charge in [0.2, 0.25) is 0 Å². The van der Waals surface area contributed by atoms with Gasteiger partial charge in [-0.1, -0.05) is 24.3 Å². The molecule has 3 N–H and O–H groups in total. The van der Waals surface area contributed by atoms with E-state index in [-0.39, 0.29) is 6.04 Å². The van der Waals surface area contributed by atoms with Crippen LogP contribution in [0.3, 0.4) is 0 Å². The van der Waals surface area contributed by atoms with Gasteiger partial charge in [0.1, 0.15) is 0 Å². The molecule has 0 spiro atoms. The van der Waals surface area contributed by atoms with Crippen LogP contribution in [0.2, 0.25) is 0 Å². The van der Waals surface area contributed by atoms with Crippen molar-refractivity contribution in [2.75, 3.05) is 0 Å². The first-order valence-corrected chi connectivity index (χ1v) is 6.00. The summed E-state index contributed by atoms with van der Waals surface area (Å²) in [6.45, 7) is 0. The molecule has 3 heteroatoms. The van der Waals surface area contributed by atoms with E-state index >= 15 is 0 Å². The SMILES string of the molecule is NC(=NC1CCc2ccccc21)NC1CC1. The van der Waals surface area contributed by atoms with E-state index in [0.717, 1.165) is 12.8 Å². The van der Waals surface area contributed by atoms with E-state index in [4.69, 9.17) is 5.73 Å². The van der Waals surface area contributed by atoms with Gasteiger partial charge in [-0.15, -0.1) is 0 Å². The molecule has 0 aromatic heterocycles. The van der Waals surface area contributed by atoms with E-state index in [1.54, 1.807) is 0 Å². The number of hydrogen-bond acceptors (Lipinski definition) is 1. The number of nitrogens with one attached hydrogen (secondary N) is 1. The highest BCUT2D eigenvalue weighted by Gasteiger charge is 2.24. The van der Waals surface area contributed by atoms with E-state index < -0.39 is 0 Å². The summed E-state index contributed by atoms with van der Waals surface area (Å²) >= 11 is 0. The Hall–Kier alpha value is -1.51. The molecule has 2 aliphatic rings. The van der Waals surface area contributed by atoms with E-state index in [1.165, 1.54) is 24.0 Å². The second-order valence-corrected chi connectivity index (χ2v) is 4.69. The molecule has 1 aromatic carbocycles. The predicted molar refractivity (Wildman–Crippen MR) is 65.3 cm³/mol. The smallest absolute Gasteiger partial charge is 0.189 e. The lowest BCUT2D eigenvalue weighted by molar-refractivity contribution is 0.704. The number of aliphatic imine (C=N–C) groups is 1. The van der Waals surface area contributed by atoms with Gasteiger partial charge in [0.15, 0.2) is 5.96 Å². The van der Waals surface area contributed by atoms with Crippen molar-refractivity contribution in [1.29, 1.82) is 0 Å². The average molecular weight is 215 g/mol. The molecule has 0 amide bonds. The zero-order valence-corrected chi connectivity index (χ0v) is 9.32. The maximum Gasteiger partial charge on any atom is 0.189 e. The third-order valence-corrected chi connectivity index (χ3v) is 3.33. The second kappa shape index (κ2) is 3.81. The minimum absolute atomic E-state index is 0.266. The fourth-order valence-corrected chi connectivity index (χ4v) is 2.31. The Morgan fingerprint density at radius 1 is 1.25 bits per heavy atom. The number of guanidine groups is 1. The summed E-state index contributed by atoms with van der Waals surface area (Å²) in [4.78, 5) is 4.58. The zero-order chi connectivity index (χ0) is 11.0. The average Bonchev–Trinajstić information content (AvgIpc) is 3.00. The van der Waals surface area contributed by atoms with Crippen LogP contribution in [0.4, 0.5) is 0 Å². The molecule has 3 nitrogen and oxygen atoms in total. The number of nitrogens with two attached hydrogens (primary N) is 1. The molecule has 1 unspecified atom stereocenters. The minimum atomic E-state index is 0.266. The highest BCUT2D eigenvalue weighted by atomic mass is 15.1. The summed E-state index contributed by atoms with van der Waals surface area (Å²) in [5.41, 5.74) is 8.67. The number of rotatable bonds is 2. The molecule has 0 aliphatic heterocycles. The fourth-order valence-electron chi connectivity index (χ4n) is 2.31. The Morgan fingerprint density at radius 3 is 2.88 bits per heavy atom. The number of aryl methyl sites for hydroxylation is 1. The summed E-state index contributed by atoms with van der Waals surface area (Å²) in [5.74, 6) is 0.615. The molecule has 0 saturated heterocycles. The molecule has 84 valence electrons. The quantitative estimate of drug-likeness (QED) is 0.583. The van der Waals surface area contributed by atoms with Crippen LogP contribution in [0, 0.1) is 0 Å². The van der Waals surface area contributed by atoms with E-state index in [2.05, 4.69) is 34.6 Å². The minimum Gasteiger partial charge on any atom is -0.370 e. The molecular weight excluding hydrogens is 198 g/mol. The third kappa shape index (κ3) is 1.90. The number of benzene rings is 1. The number of fused-ring (bicyclic) bond motifs is 1. The van der Waals surface area contributed by atoms with Crippen molar-refractivity contribution in [3.8, 4) is 0 Å². The summed E-state index contributed by atoms with van der Waals surface area (Å²) < 4.78 is 0. The lowest BCUT2D eigenvalue weighted by Gasteiger charge is -2.09. The summed E-state index contributed by atoms with van der Waals surface area (Å²) in [6, 6.07) is 9.38. The van der Waals surface area contributed by atoms with Crippen LogP contribution in [0.5, 0.6) is 0 Å². The van der Waals surface area contributed by atoms with Crippen LogP contribution >= 0.6 is 0 Å². The van der Waals surface area contributed by atoms with Crippen molar-refractivity contribution in [1.82, 2.24) is 5.32 Å². The first-order valence-electron chi connectivity index (χ1n) is 6.00. The van der Waals surface area contributed by atoms with Gasteiger partial charge in [0.25, 0.3) is 0 Å². The summed E-state index contributed by atoms with van der Waals surface area (Å²) in [6.07, 6.45) is 4.68. The lowest BCUT2D eigenvalue weighted by Crippen LogP contribution is -2.33. The Morgan fingerprint density at radius 2 is 2.06 bits per heavy atom. The maximum absolute atomic E-state index is 5.89. The van der Waals surface area contributed by atoms with Gasteiger partial charge in [-0.2, -0.15) is 0 Å². The zero-order valence-electron chi connectivity index (χ0n) is 9.32. The van der Waals surface area contributed by atoms with E-state index in [1.807, 2.05) is 0 Å². The van der Waals surface area contributed by atoms with Crippen LogP contribution < -0.4 is 11.1 Å². The van der Waals surface area contributed by atoms with Crippen LogP contribution in [0.25, 0.3) is 0 Å². The van der Waals surface area contributed by atoms with Gasteiger partial charge in [-0.3, -0.25) is 0 Å². The first kappa shape index (κ1) is 9.70. The molecule has 0 radical (unpaired) electrons. The molecule has 1 aromatic rings. The molecule has 0 heterocycles. The molecule has 1 fully saturated rings. The summed E-state index contributed by atoms with van der Waals surface area (Å²) in [7, 11) is 0. The van der Waals surface area contributed by atoms with Crippen molar-refractivity contribution in [3.63, 3.8) is 0 Å². The number of nitrogens with zero attached hydrogens (tertiary/aromatic N) is 1. The van der Waals surface area contributed by atoms with Crippen LogP contribution in [-0.2, 0) is 6.42 Å². The van der Waals surface area contributed by atoms with E-state index in [9.17, 15) is 0 Å². The highest BCUT2D eigenvalue weighted by Crippen LogP contribution is 2.33. The lowest BCUT2D eigenvalue weighted by atomic mass is 10.1. The van der Waals surface area contributed by atoms with Gasteiger partial charge < -0.3 is 11.1 Å². The highest BCUT2D eigenvalue weighted by molar-refractivity contribution is 5.78. The monoisotopic (exact) mass is 215 g/mol. The fraction of sp³-hybridized carbons (Fsp3) is 0.462. The van der Waals surface area contributed by atoms with Gasteiger partial charge >= 0.3 is 0 Å². The Balaban J connectivity index is 1.76. The van der Waals surface area contributed by atoms with Crippen LogP contribution in [-0.4, -0.2) is 12.0 Å². The molecular formula is C13H17N3. The van der Waals surface area contributed by atoms with E-state index in [0.29, 0.717) is 12.0 Å². The van der Waals surface area contributed by atoms with Crippen molar-refractivity contribution in [3.05, 3.63) is 35.4 Å². The molecule has 1 saturated carbocycles. The normalized spacial score (nSPS) is 24.2. The first-order chi connectivity index (χ1) is 7.83. The topological polar surface area (TPSA) is 50.4 Å². The molecule has 16 heavy (non-hydrogen) atoms. The van der Waals surface area contributed by atoms with Crippen molar-refractivity contribution >= 4 is 5.96 Å². The van der Waals surface area contributed by atoms with Gasteiger partial charge in [0.05, 0.1) is 6.04 Å². The number of hydrogen-bond donors (Lipinski definition) is 2. The maximum atomic E-state index is 5.89. The van der Waals surface area contributed by atoms with Gasteiger partial charge in [-0.05, 0) is 36.8 Å². The van der Waals surface area contributed by atoms with Gasteiger partial charge in [-0.25, -0.2) is 4.99 Å². The Bertz CT molecular complexity index is 421. The predicted octanol–water partition coefficient (Wildman–Crippen LogP) is 1.74. The molecule has 2 aliphatic carbocycles. The standard InChI is InChI=1S/C13H17N3/c14-13(15-10-6-7-10)16-12-8-5-9-3-1-2-4-11(9)12/h1-4,10,12H,5-8H2,(H3,14,15,16). The van der Waals surface area contributed by atoms with Crippen LogP contribution in [0.15, 0.2) is 29.3 Å². The van der Waals surface area contributed by atoms with Crippen molar-refractivity contribution in [2.45, 2.75) is 37.8 Å². The van der Waals surface area contributed by atoms with Crippen molar-refractivity contribution in [2.24, 2.45) is 10.7 Å². The largest absolute Gasteiger partial charge is 0.370 e. The summed E-state index contributed by atoms with van der Waals surface area (Å²) in [5, 5.41) is 3.24. The van der Waals surface area contributed by atoms with Crippen molar-refractivity contribution < 1.29 is 0 Å².